The van der Waals surface area contributed by atoms with E-state index in [0.29, 0.717) is 28.1 Å². The summed E-state index contributed by atoms with van der Waals surface area (Å²) >= 11 is 12.0. The van der Waals surface area contributed by atoms with Crippen LogP contribution >= 0.6 is 23.2 Å². The molecular weight excluding hydrogens is 369 g/mol. The van der Waals surface area contributed by atoms with Crippen molar-refractivity contribution >= 4 is 29.1 Å². The number of carbonyl (C=O) groups excluding carboxylic acids is 1. The molecule has 5 heteroatoms. The molecule has 1 aliphatic rings. The van der Waals surface area contributed by atoms with E-state index in [2.05, 4.69) is 5.32 Å². The van der Waals surface area contributed by atoms with E-state index in [1.807, 2.05) is 54.6 Å². The van der Waals surface area contributed by atoms with E-state index in [0.717, 1.165) is 16.7 Å². The van der Waals surface area contributed by atoms with Crippen LogP contribution in [-0.2, 0) is 11.3 Å². The fourth-order valence-corrected chi connectivity index (χ4v) is 3.45. The number of amides is 1. The zero-order valence-electron chi connectivity index (χ0n) is 13.7. The number of hydrogen-bond acceptors (Lipinski definition) is 2. The Labute approximate surface area is 161 Å². The van der Waals surface area contributed by atoms with Gasteiger partial charge in [0, 0.05) is 17.7 Å². The van der Waals surface area contributed by atoms with Gasteiger partial charge in [-0.3, -0.25) is 4.79 Å². The quantitative estimate of drug-likeness (QED) is 0.643. The van der Waals surface area contributed by atoms with Gasteiger partial charge in [-0.2, -0.15) is 0 Å². The summed E-state index contributed by atoms with van der Waals surface area (Å²) in [5, 5.41) is 3.97. The molecule has 3 nitrogen and oxygen atoms in total. The van der Waals surface area contributed by atoms with Crippen LogP contribution in [0.15, 0.2) is 66.7 Å². The van der Waals surface area contributed by atoms with Crippen molar-refractivity contribution < 1.29 is 9.53 Å². The van der Waals surface area contributed by atoms with Crippen molar-refractivity contribution in [3.8, 4) is 11.5 Å². The molecule has 0 saturated heterocycles. The topological polar surface area (TPSA) is 38.3 Å². The van der Waals surface area contributed by atoms with E-state index in [-0.39, 0.29) is 5.91 Å². The minimum absolute atomic E-state index is 0.0840. The maximum atomic E-state index is 13.0. The molecule has 1 aliphatic heterocycles. The first kappa shape index (κ1) is 17.0. The Morgan fingerprint density at radius 2 is 1.50 bits per heavy atom. The molecule has 3 aromatic carbocycles. The van der Waals surface area contributed by atoms with Crippen LogP contribution in [0, 0.1) is 0 Å². The minimum Gasteiger partial charge on any atom is -0.457 e. The number of rotatable bonds is 3. The first-order valence-electron chi connectivity index (χ1n) is 8.21. The van der Waals surface area contributed by atoms with E-state index >= 15 is 0 Å². The highest BCUT2D eigenvalue weighted by molar-refractivity contribution is 6.42. The Balaban J connectivity index is 1.62. The average Bonchev–Trinajstić information content (AvgIpc) is 2.66. The van der Waals surface area contributed by atoms with Crippen molar-refractivity contribution in [1.82, 2.24) is 5.32 Å². The summed E-state index contributed by atoms with van der Waals surface area (Å²) in [4.78, 5) is 13.0. The van der Waals surface area contributed by atoms with Crippen molar-refractivity contribution in [2.24, 2.45) is 0 Å². The summed E-state index contributed by atoms with van der Waals surface area (Å²) < 4.78 is 5.94. The number of ether oxygens (including phenoxy) is 1. The van der Waals surface area contributed by atoms with Crippen LogP contribution in [0.1, 0.15) is 22.6 Å². The molecule has 3 aromatic rings. The van der Waals surface area contributed by atoms with E-state index in [1.165, 1.54) is 0 Å². The second-order valence-corrected chi connectivity index (χ2v) is 6.89. The zero-order chi connectivity index (χ0) is 18.1. The fourth-order valence-electron chi connectivity index (χ4n) is 3.13. The van der Waals surface area contributed by atoms with Gasteiger partial charge in [0.15, 0.2) is 0 Å². The summed E-state index contributed by atoms with van der Waals surface area (Å²) in [6.45, 7) is 0.372. The van der Waals surface area contributed by atoms with Gasteiger partial charge in [0.25, 0.3) is 0 Å². The molecule has 0 spiro atoms. The summed E-state index contributed by atoms with van der Waals surface area (Å²) in [5.74, 6) is 0.917. The van der Waals surface area contributed by atoms with Gasteiger partial charge in [-0.1, -0.05) is 65.7 Å². The monoisotopic (exact) mass is 383 g/mol. The number of para-hydroxylation sites is 2. The van der Waals surface area contributed by atoms with Gasteiger partial charge in [-0.05, 0) is 29.8 Å². The number of fused-ring (bicyclic) bond motifs is 2. The molecule has 1 N–H and O–H groups in total. The van der Waals surface area contributed by atoms with Gasteiger partial charge < -0.3 is 10.1 Å². The molecule has 130 valence electrons. The van der Waals surface area contributed by atoms with Gasteiger partial charge >= 0.3 is 0 Å². The van der Waals surface area contributed by atoms with E-state index < -0.39 is 5.92 Å². The number of halogens is 2. The third-order valence-corrected chi connectivity index (χ3v) is 5.13. The fraction of sp³-hybridized carbons (Fsp3) is 0.0952. The Kier molecular flexibility index (Phi) is 4.58. The van der Waals surface area contributed by atoms with Gasteiger partial charge in [-0.25, -0.2) is 0 Å². The Morgan fingerprint density at radius 3 is 2.12 bits per heavy atom. The molecule has 1 heterocycles. The molecule has 0 unspecified atom stereocenters. The SMILES string of the molecule is O=C(NCc1ccc(Cl)c(Cl)c1)C1c2ccccc2Oc2ccccc21. The normalized spacial score (nSPS) is 12.7. The third kappa shape index (κ3) is 3.16. The van der Waals surface area contributed by atoms with Crippen molar-refractivity contribution in [2.75, 3.05) is 0 Å². The molecule has 0 aliphatic carbocycles. The molecule has 0 aromatic heterocycles. The van der Waals surface area contributed by atoms with Gasteiger partial charge in [0.05, 0.1) is 16.0 Å². The van der Waals surface area contributed by atoms with Gasteiger partial charge in [0.1, 0.15) is 11.5 Å². The van der Waals surface area contributed by atoms with Crippen molar-refractivity contribution in [3.05, 3.63) is 93.5 Å². The molecule has 0 saturated carbocycles. The first-order valence-corrected chi connectivity index (χ1v) is 8.96. The summed E-state index contributed by atoms with van der Waals surface area (Å²) in [6.07, 6.45) is 0. The Hall–Kier alpha value is -2.49. The van der Waals surface area contributed by atoms with E-state index in [9.17, 15) is 4.79 Å². The lowest BCUT2D eigenvalue weighted by Gasteiger charge is -2.27. The Bertz CT molecular complexity index is 942. The molecule has 0 bridgehead atoms. The lowest BCUT2D eigenvalue weighted by Crippen LogP contribution is -2.31. The first-order chi connectivity index (χ1) is 12.6. The lowest BCUT2D eigenvalue weighted by molar-refractivity contribution is -0.122. The van der Waals surface area contributed by atoms with Crippen molar-refractivity contribution in [2.45, 2.75) is 12.5 Å². The summed E-state index contributed by atoms with van der Waals surface area (Å²) in [7, 11) is 0. The minimum atomic E-state index is -0.418. The standard InChI is InChI=1S/C21H15Cl2NO2/c22-16-10-9-13(11-17(16)23)12-24-21(25)20-14-5-1-3-7-18(14)26-19-8-4-2-6-15(19)20/h1-11,20H,12H2,(H,24,25). The maximum Gasteiger partial charge on any atom is 0.232 e. The van der Waals surface area contributed by atoms with Crippen LogP contribution in [0.3, 0.4) is 0 Å². The summed E-state index contributed by atoms with van der Waals surface area (Å²) in [5.41, 5.74) is 2.61. The average molecular weight is 384 g/mol. The largest absolute Gasteiger partial charge is 0.457 e. The van der Waals surface area contributed by atoms with Crippen molar-refractivity contribution in [3.63, 3.8) is 0 Å². The highest BCUT2D eigenvalue weighted by Gasteiger charge is 2.32. The second-order valence-electron chi connectivity index (χ2n) is 6.08. The second kappa shape index (κ2) is 7.02. The van der Waals surface area contributed by atoms with Gasteiger partial charge in [-0.15, -0.1) is 0 Å². The van der Waals surface area contributed by atoms with E-state index in [4.69, 9.17) is 27.9 Å². The van der Waals surface area contributed by atoms with Gasteiger partial charge in [0.2, 0.25) is 5.91 Å². The van der Waals surface area contributed by atoms with Crippen LogP contribution in [0.2, 0.25) is 10.0 Å². The van der Waals surface area contributed by atoms with Crippen molar-refractivity contribution in [1.29, 1.82) is 0 Å². The molecule has 4 rings (SSSR count). The number of carbonyl (C=O) groups is 1. The molecule has 0 fully saturated rings. The maximum absolute atomic E-state index is 13.0. The molecular formula is C21H15Cl2NO2. The zero-order valence-corrected chi connectivity index (χ0v) is 15.2. The number of nitrogens with one attached hydrogen (secondary N) is 1. The smallest absolute Gasteiger partial charge is 0.232 e. The van der Waals surface area contributed by atoms with Crippen LogP contribution in [0.5, 0.6) is 11.5 Å². The number of benzene rings is 3. The number of hydrogen-bond donors (Lipinski definition) is 1. The molecule has 26 heavy (non-hydrogen) atoms. The third-order valence-electron chi connectivity index (χ3n) is 4.39. The molecule has 1 amide bonds. The predicted octanol–water partition coefficient (Wildman–Crippen LogP) is 5.55. The molecule has 0 radical (unpaired) electrons. The van der Waals surface area contributed by atoms with Crippen LogP contribution in [-0.4, -0.2) is 5.91 Å². The van der Waals surface area contributed by atoms with Crippen LogP contribution < -0.4 is 10.1 Å². The highest BCUT2D eigenvalue weighted by atomic mass is 35.5. The highest BCUT2D eigenvalue weighted by Crippen LogP contribution is 2.43. The molecule has 0 atom stereocenters. The van der Waals surface area contributed by atoms with E-state index in [1.54, 1.807) is 12.1 Å². The lowest BCUT2D eigenvalue weighted by atomic mass is 9.87. The van der Waals surface area contributed by atoms with Crippen LogP contribution in [0.4, 0.5) is 0 Å². The Morgan fingerprint density at radius 1 is 0.885 bits per heavy atom. The summed E-state index contributed by atoms with van der Waals surface area (Å²) in [6, 6.07) is 20.6. The predicted molar refractivity (Wildman–Crippen MR) is 103 cm³/mol. The van der Waals surface area contributed by atoms with Crippen LogP contribution in [0.25, 0.3) is 0 Å².